The van der Waals surface area contributed by atoms with Gasteiger partial charge >= 0.3 is 0 Å². The molecule has 1 aliphatic rings. The Labute approximate surface area is 120 Å². The quantitative estimate of drug-likeness (QED) is 0.916. The molecule has 2 aromatic carbocycles. The van der Waals surface area contributed by atoms with E-state index in [4.69, 9.17) is 4.74 Å². The highest BCUT2D eigenvalue weighted by Crippen LogP contribution is 2.32. The van der Waals surface area contributed by atoms with Gasteiger partial charge in [0.05, 0.1) is 6.04 Å². The van der Waals surface area contributed by atoms with Crippen LogP contribution in [0.2, 0.25) is 0 Å². The van der Waals surface area contributed by atoms with Gasteiger partial charge in [-0.1, -0.05) is 42.0 Å². The Balaban J connectivity index is 1.82. The molecule has 0 bridgehead atoms. The molecule has 3 rings (SSSR count). The Bertz CT molecular complexity index is 576. The molecule has 1 aliphatic carbocycles. The summed E-state index contributed by atoms with van der Waals surface area (Å²) in [6.07, 6.45) is 2.33. The molecule has 2 heteroatoms. The number of nitrogens with one attached hydrogen (secondary N) is 1. The first kappa shape index (κ1) is 13.2. The first-order chi connectivity index (χ1) is 9.78. The fourth-order valence-electron chi connectivity index (χ4n) is 2.99. The van der Waals surface area contributed by atoms with Crippen LogP contribution in [0.5, 0.6) is 5.75 Å². The van der Waals surface area contributed by atoms with Crippen LogP contribution in [0.1, 0.15) is 29.2 Å². The lowest BCUT2D eigenvalue weighted by Crippen LogP contribution is -2.37. The van der Waals surface area contributed by atoms with E-state index in [0.29, 0.717) is 0 Å². The van der Waals surface area contributed by atoms with Gasteiger partial charge in [-0.25, -0.2) is 0 Å². The average Bonchev–Trinajstić information content (AvgIpc) is 2.49. The summed E-state index contributed by atoms with van der Waals surface area (Å²) in [7, 11) is 2.01. The van der Waals surface area contributed by atoms with E-state index in [2.05, 4.69) is 60.8 Å². The molecule has 2 aromatic rings. The van der Waals surface area contributed by atoms with Crippen LogP contribution in [0.25, 0.3) is 0 Å². The summed E-state index contributed by atoms with van der Waals surface area (Å²) in [6, 6.07) is 17.2. The molecule has 2 atom stereocenters. The van der Waals surface area contributed by atoms with Crippen LogP contribution in [-0.2, 0) is 6.42 Å². The summed E-state index contributed by atoms with van der Waals surface area (Å²) >= 11 is 0. The fourth-order valence-corrected chi connectivity index (χ4v) is 2.99. The minimum absolute atomic E-state index is 0.192. The topological polar surface area (TPSA) is 21.3 Å². The van der Waals surface area contributed by atoms with Crippen molar-refractivity contribution in [2.24, 2.45) is 0 Å². The number of likely N-dealkylation sites (N-methyl/N-ethyl adjacent to an activating group) is 1. The van der Waals surface area contributed by atoms with Crippen molar-refractivity contribution in [2.75, 3.05) is 7.05 Å². The van der Waals surface area contributed by atoms with Gasteiger partial charge < -0.3 is 10.1 Å². The highest BCUT2D eigenvalue weighted by Gasteiger charge is 2.29. The predicted octanol–water partition coefficient (Wildman–Crippen LogP) is 3.65. The molecule has 0 fully saturated rings. The van der Waals surface area contributed by atoms with Crippen LogP contribution in [0.3, 0.4) is 0 Å². The number of rotatable bonds is 3. The number of benzene rings is 2. The summed E-state index contributed by atoms with van der Waals surface area (Å²) in [5.41, 5.74) is 4.07. The summed E-state index contributed by atoms with van der Waals surface area (Å²) in [4.78, 5) is 0. The van der Waals surface area contributed by atoms with Gasteiger partial charge in [-0.2, -0.15) is 0 Å². The molecule has 2 unspecified atom stereocenters. The Morgan fingerprint density at radius 2 is 1.80 bits per heavy atom. The maximum atomic E-state index is 6.21. The van der Waals surface area contributed by atoms with Gasteiger partial charge in [0.15, 0.2) is 0 Å². The monoisotopic (exact) mass is 267 g/mol. The molecule has 0 radical (unpaired) electrons. The van der Waals surface area contributed by atoms with E-state index >= 15 is 0 Å². The molecule has 0 aliphatic heterocycles. The van der Waals surface area contributed by atoms with Crippen LogP contribution in [0.15, 0.2) is 48.5 Å². The molecule has 0 amide bonds. The number of hydrogen-bond acceptors (Lipinski definition) is 2. The first-order valence-corrected chi connectivity index (χ1v) is 7.26. The van der Waals surface area contributed by atoms with Gasteiger partial charge in [-0.3, -0.25) is 0 Å². The number of hydrogen-bond donors (Lipinski definition) is 1. The van der Waals surface area contributed by atoms with E-state index in [1.807, 2.05) is 7.05 Å². The summed E-state index contributed by atoms with van der Waals surface area (Å²) in [6.45, 7) is 2.09. The molecule has 0 heterocycles. The minimum Gasteiger partial charge on any atom is -0.488 e. The summed E-state index contributed by atoms with van der Waals surface area (Å²) in [5.74, 6) is 0.959. The van der Waals surface area contributed by atoms with Crippen molar-refractivity contribution in [3.05, 3.63) is 65.2 Å². The van der Waals surface area contributed by atoms with Crippen LogP contribution in [0.4, 0.5) is 0 Å². The van der Waals surface area contributed by atoms with Gasteiger partial charge in [0.2, 0.25) is 0 Å². The second-order valence-electron chi connectivity index (χ2n) is 5.47. The number of aryl methyl sites for hydroxylation is 2. The lowest BCUT2D eigenvalue weighted by atomic mass is 9.85. The Kier molecular flexibility index (Phi) is 3.75. The molecule has 1 N–H and O–H groups in total. The predicted molar refractivity (Wildman–Crippen MR) is 82.2 cm³/mol. The molecular weight excluding hydrogens is 246 g/mol. The van der Waals surface area contributed by atoms with Crippen molar-refractivity contribution in [2.45, 2.75) is 31.9 Å². The average molecular weight is 267 g/mol. The van der Waals surface area contributed by atoms with Crippen LogP contribution < -0.4 is 10.1 Å². The zero-order chi connectivity index (χ0) is 13.9. The van der Waals surface area contributed by atoms with Gasteiger partial charge in [0.25, 0.3) is 0 Å². The standard InChI is InChI=1S/C18H21NO/c1-13-7-10-15(11-8-13)20-17-12-9-14-5-3-4-6-16(14)18(17)19-2/h3-8,10-11,17-19H,9,12H2,1-2H3. The van der Waals surface area contributed by atoms with Crippen molar-refractivity contribution in [1.82, 2.24) is 5.32 Å². The smallest absolute Gasteiger partial charge is 0.119 e. The maximum Gasteiger partial charge on any atom is 0.119 e. The Morgan fingerprint density at radius 1 is 1.05 bits per heavy atom. The van der Waals surface area contributed by atoms with Gasteiger partial charge in [0, 0.05) is 0 Å². The van der Waals surface area contributed by atoms with Crippen LogP contribution in [-0.4, -0.2) is 13.2 Å². The van der Waals surface area contributed by atoms with Crippen molar-refractivity contribution in [3.63, 3.8) is 0 Å². The SMILES string of the molecule is CNC1c2ccccc2CCC1Oc1ccc(C)cc1. The first-order valence-electron chi connectivity index (χ1n) is 7.26. The van der Waals surface area contributed by atoms with E-state index < -0.39 is 0 Å². The molecule has 20 heavy (non-hydrogen) atoms. The summed E-state index contributed by atoms with van der Waals surface area (Å²) in [5, 5.41) is 3.42. The molecule has 0 spiro atoms. The third-order valence-electron chi connectivity index (χ3n) is 4.08. The van der Waals surface area contributed by atoms with Crippen LogP contribution >= 0.6 is 0 Å². The Morgan fingerprint density at radius 3 is 2.55 bits per heavy atom. The molecule has 0 saturated heterocycles. The van der Waals surface area contributed by atoms with E-state index in [1.54, 1.807) is 0 Å². The second kappa shape index (κ2) is 5.68. The van der Waals surface area contributed by atoms with E-state index in [-0.39, 0.29) is 12.1 Å². The third-order valence-corrected chi connectivity index (χ3v) is 4.08. The van der Waals surface area contributed by atoms with E-state index in [1.165, 1.54) is 16.7 Å². The molecule has 0 saturated carbocycles. The second-order valence-corrected chi connectivity index (χ2v) is 5.47. The highest BCUT2D eigenvalue weighted by molar-refractivity contribution is 5.34. The van der Waals surface area contributed by atoms with E-state index in [0.717, 1.165) is 18.6 Å². The lowest BCUT2D eigenvalue weighted by Gasteiger charge is -2.33. The van der Waals surface area contributed by atoms with Crippen molar-refractivity contribution in [1.29, 1.82) is 0 Å². The van der Waals surface area contributed by atoms with Gasteiger partial charge in [-0.05, 0) is 50.1 Å². The molecule has 104 valence electrons. The van der Waals surface area contributed by atoms with E-state index in [9.17, 15) is 0 Å². The maximum absolute atomic E-state index is 6.21. The molecule has 2 nitrogen and oxygen atoms in total. The Hall–Kier alpha value is -1.80. The van der Waals surface area contributed by atoms with Crippen molar-refractivity contribution < 1.29 is 4.74 Å². The fraction of sp³-hybridized carbons (Fsp3) is 0.333. The minimum atomic E-state index is 0.192. The highest BCUT2D eigenvalue weighted by atomic mass is 16.5. The molecular formula is C18H21NO. The normalized spacial score (nSPS) is 21.3. The third kappa shape index (κ3) is 2.56. The number of fused-ring (bicyclic) bond motifs is 1. The van der Waals surface area contributed by atoms with Gasteiger partial charge in [-0.15, -0.1) is 0 Å². The molecule has 0 aromatic heterocycles. The largest absolute Gasteiger partial charge is 0.488 e. The zero-order valence-corrected chi connectivity index (χ0v) is 12.1. The zero-order valence-electron chi connectivity index (χ0n) is 12.1. The summed E-state index contributed by atoms with van der Waals surface area (Å²) < 4.78 is 6.21. The van der Waals surface area contributed by atoms with Crippen LogP contribution in [0, 0.1) is 6.92 Å². The van der Waals surface area contributed by atoms with Crippen molar-refractivity contribution >= 4 is 0 Å². The van der Waals surface area contributed by atoms with Gasteiger partial charge in [0.1, 0.15) is 11.9 Å². The lowest BCUT2D eigenvalue weighted by molar-refractivity contribution is 0.139. The number of ether oxygens (including phenoxy) is 1. The van der Waals surface area contributed by atoms with Crippen molar-refractivity contribution in [3.8, 4) is 5.75 Å².